The second-order valence-corrected chi connectivity index (χ2v) is 4.87. The van der Waals surface area contributed by atoms with Crippen molar-refractivity contribution < 1.29 is 9.59 Å². The van der Waals surface area contributed by atoms with Crippen molar-refractivity contribution in [1.82, 2.24) is 5.32 Å². The van der Waals surface area contributed by atoms with E-state index in [-0.39, 0.29) is 11.8 Å². The summed E-state index contributed by atoms with van der Waals surface area (Å²) in [4.78, 5) is 24.2. The van der Waals surface area contributed by atoms with Gasteiger partial charge in [0, 0.05) is 11.3 Å². The minimum atomic E-state index is -0.614. The Labute approximate surface area is 124 Å². The minimum absolute atomic E-state index is 0.246. The van der Waals surface area contributed by atoms with Gasteiger partial charge in [-0.1, -0.05) is 36.4 Å². The molecule has 0 saturated heterocycles. The fourth-order valence-electron chi connectivity index (χ4n) is 1.94. The molecule has 1 atom stereocenters. The van der Waals surface area contributed by atoms with Crippen LogP contribution in [0.3, 0.4) is 0 Å². The maximum absolute atomic E-state index is 12.1. The summed E-state index contributed by atoms with van der Waals surface area (Å²) >= 11 is 0. The van der Waals surface area contributed by atoms with Gasteiger partial charge in [-0.15, -0.1) is 0 Å². The first kappa shape index (κ1) is 14.8. The monoisotopic (exact) mass is 282 g/mol. The summed E-state index contributed by atoms with van der Waals surface area (Å²) in [5.41, 5.74) is 2.17. The molecule has 0 aliphatic heterocycles. The molecule has 0 unspecified atom stereocenters. The summed E-state index contributed by atoms with van der Waals surface area (Å²) in [5, 5.41) is 5.47. The Morgan fingerprint density at radius 3 is 2.24 bits per heavy atom. The Balaban J connectivity index is 1.98. The molecule has 108 valence electrons. The van der Waals surface area contributed by atoms with Crippen molar-refractivity contribution in [2.24, 2.45) is 0 Å². The van der Waals surface area contributed by atoms with Crippen molar-refractivity contribution >= 4 is 17.5 Å². The van der Waals surface area contributed by atoms with Crippen molar-refractivity contribution in [3.8, 4) is 0 Å². The lowest BCUT2D eigenvalue weighted by atomic mass is 10.1. The summed E-state index contributed by atoms with van der Waals surface area (Å²) in [7, 11) is 0. The van der Waals surface area contributed by atoms with Crippen LogP contribution in [0, 0.1) is 6.92 Å². The summed E-state index contributed by atoms with van der Waals surface area (Å²) in [5.74, 6) is -0.494. The number of benzene rings is 2. The van der Waals surface area contributed by atoms with E-state index >= 15 is 0 Å². The smallest absolute Gasteiger partial charge is 0.252 e. The zero-order chi connectivity index (χ0) is 15.2. The summed E-state index contributed by atoms with van der Waals surface area (Å²) in [6.07, 6.45) is 0. The van der Waals surface area contributed by atoms with Crippen LogP contribution in [0.5, 0.6) is 0 Å². The molecule has 0 bridgehead atoms. The molecule has 0 spiro atoms. The molecule has 0 aliphatic rings. The van der Waals surface area contributed by atoms with Gasteiger partial charge in [-0.3, -0.25) is 9.59 Å². The average Bonchev–Trinajstić information content (AvgIpc) is 2.48. The Morgan fingerprint density at radius 1 is 0.952 bits per heavy atom. The average molecular weight is 282 g/mol. The van der Waals surface area contributed by atoms with Crippen molar-refractivity contribution in [1.29, 1.82) is 0 Å². The maximum Gasteiger partial charge on any atom is 0.252 e. The number of carbonyl (C=O) groups excluding carboxylic acids is 2. The highest BCUT2D eigenvalue weighted by molar-refractivity contribution is 6.01. The lowest BCUT2D eigenvalue weighted by molar-refractivity contribution is -0.117. The van der Waals surface area contributed by atoms with Crippen LogP contribution in [-0.2, 0) is 4.79 Å². The number of anilines is 1. The standard InChI is InChI=1S/C17H18N2O2/c1-12-8-6-7-11-15(12)17(21)18-13(2)16(20)19-14-9-4-3-5-10-14/h3-11,13H,1-2H3,(H,18,21)(H,19,20)/t13-/m0/s1. The molecular formula is C17H18N2O2. The lowest BCUT2D eigenvalue weighted by Crippen LogP contribution is -2.41. The molecule has 2 N–H and O–H groups in total. The van der Waals surface area contributed by atoms with Crippen LogP contribution < -0.4 is 10.6 Å². The highest BCUT2D eigenvalue weighted by Gasteiger charge is 2.17. The van der Waals surface area contributed by atoms with E-state index in [0.717, 1.165) is 5.56 Å². The second-order valence-electron chi connectivity index (χ2n) is 4.87. The van der Waals surface area contributed by atoms with E-state index in [0.29, 0.717) is 11.3 Å². The van der Waals surface area contributed by atoms with Gasteiger partial charge in [0.25, 0.3) is 5.91 Å². The number of amides is 2. The van der Waals surface area contributed by atoms with Crippen LogP contribution in [0.15, 0.2) is 54.6 Å². The van der Waals surface area contributed by atoms with Crippen molar-refractivity contribution in [2.45, 2.75) is 19.9 Å². The predicted octanol–water partition coefficient (Wildman–Crippen LogP) is 2.75. The molecule has 0 aliphatic carbocycles. The molecule has 2 amide bonds. The van der Waals surface area contributed by atoms with Gasteiger partial charge in [0.1, 0.15) is 6.04 Å². The Bertz CT molecular complexity index is 638. The van der Waals surface area contributed by atoms with Crippen LogP contribution >= 0.6 is 0 Å². The molecule has 0 aromatic heterocycles. The third-order valence-electron chi connectivity index (χ3n) is 3.17. The van der Waals surface area contributed by atoms with E-state index in [4.69, 9.17) is 0 Å². The third kappa shape index (κ3) is 3.92. The number of aryl methyl sites for hydroxylation is 1. The van der Waals surface area contributed by atoms with Crippen molar-refractivity contribution in [2.75, 3.05) is 5.32 Å². The first-order valence-electron chi connectivity index (χ1n) is 6.80. The first-order chi connectivity index (χ1) is 10.1. The predicted molar refractivity (Wildman–Crippen MR) is 83.2 cm³/mol. The molecule has 4 heteroatoms. The highest BCUT2D eigenvalue weighted by Crippen LogP contribution is 2.08. The van der Waals surface area contributed by atoms with E-state index in [9.17, 15) is 9.59 Å². The first-order valence-corrected chi connectivity index (χ1v) is 6.80. The van der Waals surface area contributed by atoms with Gasteiger partial charge in [0.15, 0.2) is 0 Å². The topological polar surface area (TPSA) is 58.2 Å². The Hall–Kier alpha value is -2.62. The van der Waals surface area contributed by atoms with Gasteiger partial charge in [0.05, 0.1) is 0 Å². The number of hydrogen-bond acceptors (Lipinski definition) is 2. The molecule has 0 fully saturated rings. The van der Waals surface area contributed by atoms with Gasteiger partial charge in [0.2, 0.25) is 5.91 Å². The lowest BCUT2D eigenvalue weighted by Gasteiger charge is -2.15. The van der Waals surface area contributed by atoms with E-state index in [1.807, 2.05) is 37.3 Å². The van der Waals surface area contributed by atoms with Gasteiger partial charge in [-0.25, -0.2) is 0 Å². The van der Waals surface area contributed by atoms with E-state index < -0.39 is 6.04 Å². The summed E-state index contributed by atoms with van der Waals surface area (Å²) in [6, 6.07) is 15.8. The van der Waals surface area contributed by atoms with Crippen molar-refractivity contribution in [3.05, 3.63) is 65.7 Å². The van der Waals surface area contributed by atoms with E-state index in [2.05, 4.69) is 10.6 Å². The largest absolute Gasteiger partial charge is 0.341 e. The van der Waals surface area contributed by atoms with Crippen LogP contribution in [0.25, 0.3) is 0 Å². The molecule has 21 heavy (non-hydrogen) atoms. The molecule has 2 rings (SSSR count). The number of rotatable bonds is 4. The van der Waals surface area contributed by atoms with Gasteiger partial charge in [-0.05, 0) is 37.6 Å². The van der Waals surface area contributed by atoms with Gasteiger partial charge >= 0.3 is 0 Å². The summed E-state index contributed by atoms with van der Waals surface area (Å²) in [6.45, 7) is 3.53. The Kier molecular flexibility index (Phi) is 4.72. The molecule has 0 heterocycles. The fourth-order valence-corrected chi connectivity index (χ4v) is 1.94. The molecular weight excluding hydrogens is 264 g/mol. The number of para-hydroxylation sites is 1. The second kappa shape index (κ2) is 6.70. The quantitative estimate of drug-likeness (QED) is 0.906. The number of nitrogens with one attached hydrogen (secondary N) is 2. The van der Waals surface area contributed by atoms with Crippen LogP contribution in [0.2, 0.25) is 0 Å². The van der Waals surface area contributed by atoms with Crippen LogP contribution in [0.4, 0.5) is 5.69 Å². The Morgan fingerprint density at radius 2 is 1.57 bits per heavy atom. The SMILES string of the molecule is Cc1ccccc1C(=O)N[C@@H](C)C(=O)Nc1ccccc1. The third-order valence-corrected chi connectivity index (χ3v) is 3.17. The molecule has 4 nitrogen and oxygen atoms in total. The fraction of sp³-hybridized carbons (Fsp3) is 0.176. The van der Waals surface area contributed by atoms with Crippen LogP contribution in [0.1, 0.15) is 22.8 Å². The number of hydrogen-bond donors (Lipinski definition) is 2. The normalized spacial score (nSPS) is 11.5. The molecule has 0 radical (unpaired) electrons. The maximum atomic E-state index is 12.1. The summed E-state index contributed by atoms with van der Waals surface area (Å²) < 4.78 is 0. The van der Waals surface area contributed by atoms with Crippen molar-refractivity contribution in [3.63, 3.8) is 0 Å². The van der Waals surface area contributed by atoms with Crippen LogP contribution in [-0.4, -0.2) is 17.9 Å². The minimum Gasteiger partial charge on any atom is -0.341 e. The molecule has 2 aromatic carbocycles. The zero-order valence-electron chi connectivity index (χ0n) is 12.1. The number of carbonyl (C=O) groups is 2. The van der Waals surface area contributed by atoms with Gasteiger partial charge < -0.3 is 10.6 Å². The highest BCUT2D eigenvalue weighted by atomic mass is 16.2. The van der Waals surface area contributed by atoms with Gasteiger partial charge in [-0.2, -0.15) is 0 Å². The molecule has 0 saturated carbocycles. The van der Waals surface area contributed by atoms with E-state index in [1.165, 1.54) is 0 Å². The molecule has 2 aromatic rings. The van der Waals surface area contributed by atoms with E-state index in [1.54, 1.807) is 31.2 Å². The zero-order valence-corrected chi connectivity index (χ0v) is 12.1.